The molecule has 2 aromatic heterocycles. The van der Waals surface area contributed by atoms with Gasteiger partial charge in [-0.05, 0) is 17.7 Å². The zero-order valence-electron chi connectivity index (χ0n) is 8.79. The average molecular weight is 252 g/mol. The first kappa shape index (κ1) is 11.4. The first-order chi connectivity index (χ1) is 8.19. The molecule has 0 aromatic carbocycles. The van der Waals surface area contributed by atoms with Gasteiger partial charge in [-0.3, -0.25) is 9.67 Å². The number of pyridine rings is 1. The van der Waals surface area contributed by atoms with Crippen LogP contribution in [-0.2, 0) is 6.54 Å². The Hall–Kier alpha value is -2.08. The predicted octanol–water partition coefficient (Wildman–Crippen LogP) is 1.07. The van der Waals surface area contributed by atoms with Gasteiger partial charge < -0.3 is 10.9 Å². The van der Waals surface area contributed by atoms with Gasteiger partial charge >= 0.3 is 0 Å². The van der Waals surface area contributed by atoms with E-state index >= 15 is 0 Å². The number of amidine groups is 1. The molecule has 2 aromatic rings. The number of halogens is 1. The predicted molar refractivity (Wildman–Crippen MR) is 63.1 cm³/mol. The van der Waals surface area contributed by atoms with Gasteiger partial charge in [-0.1, -0.05) is 16.8 Å². The molecule has 0 aliphatic carbocycles. The fourth-order valence-corrected chi connectivity index (χ4v) is 1.53. The molecular formula is C10H10ClN5O. The van der Waals surface area contributed by atoms with Crippen LogP contribution < -0.4 is 5.73 Å². The summed E-state index contributed by atoms with van der Waals surface area (Å²) in [5.41, 5.74) is 6.81. The molecule has 88 valence electrons. The molecule has 17 heavy (non-hydrogen) atoms. The van der Waals surface area contributed by atoms with Gasteiger partial charge in [-0.2, -0.15) is 5.10 Å². The molecule has 0 aliphatic rings. The lowest BCUT2D eigenvalue weighted by molar-refractivity contribution is 0.318. The second-order valence-electron chi connectivity index (χ2n) is 3.39. The van der Waals surface area contributed by atoms with Crippen LogP contribution in [0.4, 0.5) is 0 Å². The Kier molecular flexibility index (Phi) is 3.24. The van der Waals surface area contributed by atoms with Gasteiger partial charge in [0.05, 0.1) is 17.8 Å². The van der Waals surface area contributed by atoms with Gasteiger partial charge in [-0.15, -0.1) is 0 Å². The van der Waals surface area contributed by atoms with Crippen LogP contribution in [0.25, 0.3) is 0 Å². The lowest BCUT2D eigenvalue weighted by atomic mass is 10.2. The third kappa shape index (κ3) is 2.73. The monoisotopic (exact) mass is 251 g/mol. The van der Waals surface area contributed by atoms with Crippen molar-refractivity contribution in [2.45, 2.75) is 6.54 Å². The van der Waals surface area contributed by atoms with Crippen molar-refractivity contribution in [1.29, 1.82) is 0 Å². The summed E-state index contributed by atoms with van der Waals surface area (Å²) in [7, 11) is 0. The molecule has 0 unspecified atom stereocenters. The third-order valence-electron chi connectivity index (χ3n) is 2.14. The molecule has 6 nitrogen and oxygen atoms in total. The molecule has 3 N–H and O–H groups in total. The van der Waals surface area contributed by atoms with Crippen LogP contribution in [-0.4, -0.2) is 25.8 Å². The fraction of sp³-hybridized carbons (Fsp3) is 0.100. The van der Waals surface area contributed by atoms with E-state index in [9.17, 15) is 0 Å². The van der Waals surface area contributed by atoms with E-state index in [1.807, 2.05) is 6.07 Å². The lowest BCUT2D eigenvalue weighted by Crippen LogP contribution is -2.15. The fourth-order valence-electron chi connectivity index (χ4n) is 1.38. The van der Waals surface area contributed by atoms with Gasteiger partial charge in [0.1, 0.15) is 5.69 Å². The number of oxime groups is 1. The molecule has 7 heteroatoms. The van der Waals surface area contributed by atoms with Crippen molar-refractivity contribution in [1.82, 2.24) is 14.8 Å². The molecule has 0 atom stereocenters. The summed E-state index contributed by atoms with van der Waals surface area (Å²) < 4.78 is 1.69. The number of hydrogen-bond acceptors (Lipinski definition) is 4. The number of aromatic nitrogens is 3. The van der Waals surface area contributed by atoms with Crippen LogP contribution >= 0.6 is 11.6 Å². The Morgan fingerprint density at radius 2 is 2.41 bits per heavy atom. The van der Waals surface area contributed by atoms with Gasteiger partial charge in [0.2, 0.25) is 0 Å². The Balaban J connectivity index is 2.22. The maximum absolute atomic E-state index is 8.56. The largest absolute Gasteiger partial charge is 0.409 e. The molecule has 2 rings (SSSR count). The first-order valence-corrected chi connectivity index (χ1v) is 5.17. The standard InChI is InChI=1S/C10H10ClN5O/c11-8-4-14-16(6-8)5-7-1-2-13-9(3-7)10(12)15-17/h1-4,6,17H,5H2,(H2,12,15). The lowest BCUT2D eigenvalue weighted by Gasteiger charge is -2.03. The molecule has 0 fully saturated rings. The second kappa shape index (κ2) is 4.84. The van der Waals surface area contributed by atoms with Crippen LogP contribution in [0.2, 0.25) is 5.02 Å². The van der Waals surface area contributed by atoms with E-state index in [0.29, 0.717) is 17.3 Å². The zero-order chi connectivity index (χ0) is 12.3. The van der Waals surface area contributed by atoms with Gasteiger partial charge in [-0.25, -0.2) is 0 Å². The molecule has 2 heterocycles. The highest BCUT2D eigenvalue weighted by molar-refractivity contribution is 6.30. The molecule has 0 amide bonds. The van der Waals surface area contributed by atoms with Gasteiger partial charge in [0, 0.05) is 12.4 Å². The summed E-state index contributed by atoms with van der Waals surface area (Å²) in [6.07, 6.45) is 4.87. The minimum atomic E-state index is -0.0228. The van der Waals surface area contributed by atoms with Crippen LogP contribution in [0.1, 0.15) is 11.3 Å². The van der Waals surface area contributed by atoms with Crippen molar-refractivity contribution in [3.63, 3.8) is 0 Å². The van der Waals surface area contributed by atoms with Crippen LogP contribution in [0.15, 0.2) is 35.9 Å². The van der Waals surface area contributed by atoms with E-state index in [4.69, 9.17) is 22.5 Å². The molecular weight excluding hydrogens is 242 g/mol. The van der Waals surface area contributed by atoms with Crippen LogP contribution in [0, 0.1) is 0 Å². The van der Waals surface area contributed by atoms with Crippen molar-refractivity contribution >= 4 is 17.4 Å². The third-order valence-corrected chi connectivity index (χ3v) is 2.34. The number of hydrogen-bond donors (Lipinski definition) is 2. The first-order valence-electron chi connectivity index (χ1n) is 4.80. The number of nitrogens with two attached hydrogens (primary N) is 1. The van der Waals surface area contributed by atoms with Gasteiger partial charge in [0.15, 0.2) is 5.84 Å². The minimum absolute atomic E-state index is 0.0228. The Morgan fingerprint density at radius 3 is 3.06 bits per heavy atom. The van der Waals surface area contributed by atoms with Crippen molar-refractivity contribution in [3.8, 4) is 0 Å². The van der Waals surface area contributed by atoms with Crippen LogP contribution in [0.5, 0.6) is 0 Å². The highest BCUT2D eigenvalue weighted by Crippen LogP contribution is 2.08. The number of nitrogens with zero attached hydrogens (tertiary/aromatic N) is 4. The maximum Gasteiger partial charge on any atom is 0.188 e. The van der Waals surface area contributed by atoms with E-state index in [1.54, 1.807) is 29.3 Å². The molecule has 0 bridgehead atoms. The summed E-state index contributed by atoms with van der Waals surface area (Å²) in [5, 5.41) is 16.1. The summed E-state index contributed by atoms with van der Waals surface area (Å²) in [6.45, 7) is 0.543. The molecule has 0 saturated heterocycles. The molecule has 0 saturated carbocycles. The summed E-state index contributed by atoms with van der Waals surface area (Å²) in [5.74, 6) is -0.0228. The van der Waals surface area contributed by atoms with Crippen molar-refractivity contribution in [2.75, 3.05) is 0 Å². The normalized spacial score (nSPS) is 11.7. The van der Waals surface area contributed by atoms with E-state index in [1.165, 1.54) is 0 Å². The summed E-state index contributed by atoms with van der Waals surface area (Å²) >= 11 is 5.76. The topological polar surface area (TPSA) is 89.3 Å². The Bertz CT molecular complexity index is 551. The summed E-state index contributed by atoms with van der Waals surface area (Å²) in [6, 6.07) is 3.55. The Morgan fingerprint density at radius 1 is 1.59 bits per heavy atom. The second-order valence-corrected chi connectivity index (χ2v) is 3.83. The SMILES string of the molecule is NC(=NO)c1cc(Cn2cc(Cl)cn2)ccn1. The molecule has 0 radical (unpaired) electrons. The van der Waals surface area contributed by atoms with E-state index in [0.717, 1.165) is 5.56 Å². The van der Waals surface area contributed by atoms with Crippen molar-refractivity contribution in [2.24, 2.45) is 10.9 Å². The molecule has 0 spiro atoms. The minimum Gasteiger partial charge on any atom is -0.409 e. The van der Waals surface area contributed by atoms with E-state index < -0.39 is 0 Å². The maximum atomic E-state index is 8.56. The highest BCUT2D eigenvalue weighted by Gasteiger charge is 2.03. The van der Waals surface area contributed by atoms with E-state index in [2.05, 4.69) is 15.2 Å². The zero-order valence-corrected chi connectivity index (χ0v) is 9.54. The van der Waals surface area contributed by atoms with Gasteiger partial charge in [0.25, 0.3) is 0 Å². The molecule has 0 aliphatic heterocycles. The Labute approximate surface area is 102 Å². The highest BCUT2D eigenvalue weighted by atomic mass is 35.5. The quantitative estimate of drug-likeness (QED) is 0.370. The smallest absolute Gasteiger partial charge is 0.188 e. The van der Waals surface area contributed by atoms with Crippen molar-refractivity contribution in [3.05, 3.63) is 47.0 Å². The number of rotatable bonds is 3. The average Bonchev–Trinajstić information content (AvgIpc) is 2.74. The van der Waals surface area contributed by atoms with Crippen LogP contribution in [0.3, 0.4) is 0 Å². The summed E-state index contributed by atoms with van der Waals surface area (Å²) in [4.78, 5) is 3.99. The van der Waals surface area contributed by atoms with E-state index in [-0.39, 0.29) is 5.84 Å². The van der Waals surface area contributed by atoms with Crippen molar-refractivity contribution < 1.29 is 5.21 Å².